The highest BCUT2D eigenvalue weighted by Crippen LogP contribution is 2.34. The van der Waals surface area contributed by atoms with Crippen LogP contribution in [0.25, 0.3) is 11.0 Å². The Hall–Kier alpha value is -4.03. The summed E-state index contributed by atoms with van der Waals surface area (Å²) in [4.78, 5) is 34.4. The molecule has 2 aliphatic heterocycles. The lowest BCUT2D eigenvalue weighted by Gasteiger charge is -2.21. The Morgan fingerprint density at radius 1 is 1.28 bits per heavy atom. The predicted molar refractivity (Wildman–Crippen MR) is 142 cm³/mol. The summed E-state index contributed by atoms with van der Waals surface area (Å²) in [7, 11) is 1.51. The van der Waals surface area contributed by atoms with E-state index in [1.54, 1.807) is 35.2 Å². The smallest absolute Gasteiger partial charge is 0.414 e. The lowest BCUT2D eigenvalue weighted by molar-refractivity contribution is -0.118. The maximum atomic E-state index is 15.1. The lowest BCUT2D eigenvalue weighted by Crippen LogP contribution is -2.28. The number of carbonyl (C=O) groups is 2. The van der Waals surface area contributed by atoms with Crippen LogP contribution in [-0.2, 0) is 9.53 Å². The molecule has 12 heteroatoms. The molecule has 3 aromatic rings. The van der Waals surface area contributed by atoms with Crippen LogP contribution in [0.4, 0.5) is 20.6 Å². The Balaban J connectivity index is 1.21. The van der Waals surface area contributed by atoms with Crippen LogP contribution < -0.4 is 30.7 Å². The van der Waals surface area contributed by atoms with E-state index in [9.17, 15) is 9.59 Å². The second kappa shape index (κ2) is 11.8. The SMILES string of the molecule is COc1ccc2ncc(F)c(C(CCCN)NCCC[C@@H]3CN(c4ccc5c(c4)NC(=O)CO5)C(=O)O3)c2n1. The Bertz CT molecular complexity index is 1370. The van der Waals surface area contributed by atoms with Gasteiger partial charge in [-0.1, -0.05) is 0 Å². The molecule has 0 saturated carbocycles. The molecule has 1 saturated heterocycles. The van der Waals surface area contributed by atoms with Crippen molar-refractivity contribution in [1.29, 1.82) is 0 Å². The molecule has 0 spiro atoms. The zero-order valence-corrected chi connectivity index (χ0v) is 21.6. The molecule has 1 fully saturated rings. The van der Waals surface area contributed by atoms with E-state index in [4.69, 9.17) is 19.9 Å². The van der Waals surface area contributed by atoms with Crippen molar-refractivity contribution < 1.29 is 28.2 Å². The van der Waals surface area contributed by atoms with Gasteiger partial charge in [0.1, 0.15) is 23.2 Å². The normalized spacial score (nSPS) is 17.4. The summed E-state index contributed by atoms with van der Waals surface area (Å²) in [5.74, 6) is 0.262. The minimum absolute atomic E-state index is 0.0317. The van der Waals surface area contributed by atoms with Crippen molar-refractivity contribution in [2.24, 2.45) is 5.73 Å². The first-order chi connectivity index (χ1) is 19.0. The van der Waals surface area contributed by atoms with Crippen molar-refractivity contribution in [3.63, 3.8) is 0 Å². The van der Waals surface area contributed by atoms with Crippen LogP contribution in [0.3, 0.4) is 0 Å². The maximum absolute atomic E-state index is 15.1. The van der Waals surface area contributed by atoms with Gasteiger partial charge in [0, 0.05) is 23.4 Å². The summed E-state index contributed by atoms with van der Waals surface area (Å²) in [5.41, 5.74) is 8.38. The van der Waals surface area contributed by atoms with Crippen molar-refractivity contribution >= 4 is 34.4 Å². The number of methoxy groups -OCH3 is 1. The minimum atomic E-state index is -0.442. The fourth-order valence-corrected chi connectivity index (χ4v) is 4.89. The number of hydrogen-bond donors (Lipinski definition) is 3. The number of pyridine rings is 2. The Morgan fingerprint density at radius 3 is 2.97 bits per heavy atom. The van der Waals surface area contributed by atoms with Crippen LogP contribution >= 0.6 is 0 Å². The highest BCUT2D eigenvalue weighted by Gasteiger charge is 2.33. The van der Waals surface area contributed by atoms with Gasteiger partial charge in [0.05, 0.1) is 31.1 Å². The number of halogens is 1. The van der Waals surface area contributed by atoms with Gasteiger partial charge in [0.25, 0.3) is 5.91 Å². The number of hydrogen-bond acceptors (Lipinski definition) is 9. The van der Waals surface area contributed by atoms with E-state index >= 15 is 4.39 Å². The number of nitrogens with one attached hydrogen (secondary N) is 2. The van der Waals surface area contributed by atoms with Crippen molar-refractivity contribution in [1.82, 2.24) is 15.3 Å². The highest BCUT2D eigenvalue weighted by molar-refractivity contribution is 5.97. The van der Waals surface area contributed by atoms with Crippen LogP contribution in [0.2, 0.25) is 0 Å². The number of fused-ring (bicyclic) bond motifs is 2. The van der Waals surface area contributed by atoms with Gasteiger partial charge < -0.3 is 30.6 Å². The molecule has 5 rings (SSSR count). The van der Waals surface area contributed by atoms with Crippen molar-refractivity contribution in [2.75, 3.05) is 43.6 Å². The van der Waals surface area contributed by atoms with E-state index in [-0.39, 0.29) is 24.7 Å². The van der Waals surface area contributed by atoms with Crippen LogP contribution in [0.5, 0.6) is 11.6 Å². The fraction of sp³-hybridized carbons (Fsp3) is 0.407. The van der Waals surface area contributed by atoms with E-state index in [1.165, 1.54) is 13.3 Å². The number of benzene rings is 1. The largest absolute Gasteiger partial charge is 0.482 e. The number of amides is 2. The first kappa shape index (κ1) is 26.6. The average molecular weight is 539 g/mol. The molecule has 4 N–H and O–H groups in total. The van der Waals surface area contributed by atoms with Crippen LogP contribution in [0, 0.1) is 5.82 Å². The standard InChI is InChI=1S/C27H31FN6O5/c1-37-24-9-7-20-26(33-24)25(18(28)13-31-20)19(5-2-10-29)30-11-3-4-17-14-34(27(36)39-17)16-6-8-22-21(12-16)32-23(35)15-38-22/h6-9,12-13,17,19,30H,2-5,10-11,14-15,29H2,1H3,(H,32,35)/t17-,19?/m1/s1. The molecule has 0 bridgehead atoms. The summed E-state index contributed by atoms with van der Waals surface area (Å²) in [6.07, 6.45) is 3.11. The number of nitrogens with two attached hydrogens (primary N) is 1. The van der Waals surface area contributed by atoms with Crippen LogP contribution in [-0.4, -0.2) is 61.4 Å². The average Bonchev–Trinajstić information content (AvgIpc) is 3.32. The zero-order chi connectivity index (χ0) is 27.4. The second-order valence-corrected chi connectivity index (χ2v) is 9.45. The molecule has 0 radical (unpaired) electrons. The molecule has 4 heterocycles. The van der Waals surface area contributed by atoms with Crippen LogP contribution in [0.15, 0.2) is 36.5 Å². The van der Waals surface area contributed by atoms with Gasteiger partial charge >= 0.3 is 6.09 Å². The van der Waals surface area contributed by atoms with Gasteiger partial charge in [0.15, 0.2) is 6.61 Å². The molecular formula is C27H31FN6O5. The lowest BCUT2D eigenvalue weighted by atomic mass is 10.00. The molecule has 2 aliphatic rings. The fourth-order valence-electron chi connectivity index (χ4n) is 4.89. The summed E-state index contributed by atoms with van der Waals surface area (Å²) < 4.78 is 31.3. The summed E-state index contributed by atoms with van der Waals surface area (Å²) >= 11 is 0. The number of aromatic nitrogens is 2. The first-order valence-electron chi connectivity index (χ1n) is 12.9. The number of ether oxygens (including phenoxy) is 3. The molecule has 2 atom stereocenters. The van der Waals surface area contributed by atoms with E-state index in [2.05, 4.69) is 20.6 Å². The third-order valence-corrected chi connectivity index (χ3v) is 6.81. The monoisotopic (exact) mass is 538 g/mol. The molecule has 1 unspecified atom stereocenters. The van der Waals surface area contributed by atoms with Gasteiger partial charge in [-0.2, -0.15) is 0 Å². The number of cyclic esters (lactones) is 1. The van der Waals surface area contributed by atoms with E-state index in [1.807, 2.05) is 0 Å². The Morgan fingerprint density at radius 2 is 2.15 bits per heavy atom. The number of carbonyl (C=O) groups excluding carboxylic acids is 2. The summed E-state index contributed by atoms with van der Waals surface area (Å²) in [6.45, 7) is 1.40. The van der Waals surface area contributed by atoms with E-state index < -0.39 is 11.9 Å². The first-order valence-corrected chi connectivity index (χ1v) is 12.9. The molecule has 11 nitrogen and oxygen atoms in total. The Kier molecular flexibility index (Phi) is 8.03. The van der Waals surface area contributed by atoms with Gasteiger partial charge in [-0.25, -0.2) is 14.2 Å². The van der Waals surface area contributed by atoms with Gasteiger partial charge in [-0.15, -0.1) is 0 Å². The molecule has 1 aromatic carbocycles. The molecule has 0 aliphatic carbocycles. The van der Waals surface area contributed by atoms with Crippen molar-refractivity contribution in [3.05, 3.63) is 47.9 Å². The van der Waals surface area contributed by atoms with Crippen molar-refractivity contribution in [2.45, 2.75) is 37.8 Å². The molecular weight excluding hydrogens is 507 g/mol. The second-order valence-electron chi connectivity index (χ2n) is 9.45. The Labute approximate surface area is 224 Å². The van der Waals surface area contributed by atoms with Gasteiger partial charge in [0.2, 0.25) is 5.88 Å². The minimum Gasteiger partial charge on any atom is -0.482 e. The third-order valence-electron chi connectivity index (χ3n) is 6.81. The van der Waals surface area contributed by atoms with Gasteiger partial charge in [-0.3, -0.25) is 14.7 Å². The van der Waals surface area contributed by atoms with E-state index in [0.29, 0.717) is 84.9 Å². The maximum Gasteiger partial charge on any atom is 0.414 e. The highest BCUT2D eigenvalue weighted by atomic mass is 19.1. The number of rotatable bonds is 11. The molecule has 206 valence electrons. The predicted octanol–water partition coefficient (Wildman–Crippen LogP) is 3.28. The zero-order valence-electron chi connectivity index (χ0n) is 21.6. The van der Waals surface area contributed by atoms with Crippen molar-refractivity contribution in [3.8, 4) is 11.6 Å². The number of anilines is 2. The topological polar surface area (TPSA) is 141 Å². The van der Waals surface area contributed by atoms with Gasteiger partial charge in [-0.05, 0) is 63.0 Å². The molecule has 2 amide bonds. The summed E-state index contributed by atoms with van der Waals surface area (Å²) in [6, 6.07) is 8.32. The van der Waals surface area contributed by atoms with E-state index in [0.717, 1.165) is 0 Å². The molecule has 39 heavy (non-hydrogen) atoms. The quantitative estimate of drug-likeness (QED) is 0.314. The molecule has 2 aromatic heterocycles. The summed E-state index contributed by atoms with van der Waals surface area (Å²) in [5, 5.41) is 6.20. The van der Waals surface area contributed by atoms with Crippen LogP contribution in [0.1, 0.15) is 37.3 Å². The third kappa shape index (κ3) is 5.86. The number of nitrogens with zero attached hydrogens (tertiary/aromatic N) is 3.